The van der Waals surface area contributed by atoms with E-state index in [9.17, 15) is 14.7 Å². The predicted octanol–water partition coefficient (Wildman–Crippen LogP) is -1.22. The van der Waals surface area contributed by atoms with E-state index in [-0.39, 0.29) is 24.8 Å². The lowest BCUT2D eigenvalue weighted by Crippen LogP contribution is -2.52. The molecule has 3 rings (SSSR count). The minimum absolute atomic E-state index is 0.148. The molecule has 13 heteroatoms. The van der Waals surface area contributed by atoms with Crippen LogP contribution in [0.2, 0.25) is 0 Å². The van der Waals surface area contributed by atoms with Crippen molar-refractivity contribution >= 4 is 18.3 Å². The van der Waals surface area contributed by atoms with E-state index >= 15 is 0 Å². The zero-order chi connectivity index (χ0) is 21.4. The summed E-state index contributed by atoms with van der Waals surface area (Å²) in [5.74, 6) is -0.707. The molecular formula is C16H24N8O5. The molecule has 0 aromatic carbocycles. The Morgan fingerprint density at radius 3 is 2.79 bits per heavy atom. The van der Waals surface area contributed by atoms with Crippen LogP contribution in [0.25, 0.3) is 5.82 Å². The smallest absolute Gasteiger partial charge is 0.290 e. The number of likely N-dealkylation sites (tertiary alicyclic amines) is 1. The van der Waals surface area contributed by atoms with Crippen LogP contribution in [0.5, 0.6) is 0 Å². The van der Waals surface area contributed by atoms with Crippen molar-refractivity contribution in [3.8, 4) is 5.82 Å². The Morgan fingerprint density at radius 1 is 1.45 bits per heavy atom. The molecule has 3 N–H and O–H groups in total. The monoisotopic (exact) mass is 408 g/mol. The van der Waals surface area contributed by atoms with E-state index in [1.54, 1.807) is 16.8 Å². The molecule has 158 valence electrons. The first kappa shape index (κ1) is 21.9. The van der Waals surface area contributed by atoms with E-state index in [1.165, 1.54) is 17.2 Å². The summed E-state index contributed by atoms with van der Waals surface area (Å²) in [7, 11) is 1.71. The van der Waals surface area contributed by atoms with Crippen LogP contribution in [0.3, 0.4) is 0 Å². The van der Waals surface area contributed by atoms with Crippen molar-refractivity contribution in [1.29, 1.82) is 0 Å². The number of hydrogen-bond acceptors (Lipinski definition) is 8. The van der Waals surface area contributed by atoms with Crippen molar-refractivity contribution in [3.05, 3.63) is 18.1 Å². The number of rotatable bonds is 5. The summed E-state index contributed by atoms with van der Waals surface area (Å²) in [6, 6.07) is 0. The van der Waals surface area contributed by atoms with Gasteiger partial charge in [-0.3, -0.25) is 19.5 Å². The molecule has 1 aliphatic rings. The molecule has 0 radical (unpaired) electrons. The minimum atomic E-state index is -0.755. The summed E-state index contributed by atoms with van der Waals surface area (Å²) in [6.45, 7) is 2.87. The minimum Gasteiger partial charge on any atom is -0.483 e. The molecule has 2 atom stereocenters. The highest BCUT2D eigenvalue weighted by Crippen LogP contribution is 2.22. The Morgan fingerprint density at radius 2 is 2.17 bits per heavy atom. The van der Waals surface area contributed by atoms with Crippen molar-refractivity contribution < 1.29 is 24.6 Å². The summed E-state index contributed by atoms with van der Waals surface area (Å²) in [5, 5.41) is 34.6. The van der Waals surface area contributed by atoms with Crippen molar-refractivity contribution in [2.24, 2.45) is 5.92 Å². The largest absolute Gasteiger partial charge is 0.483 e. The maximum absolute atomic E-state index is 12.9. The van der Waals surface area contributed by atoms with Crippen LogP contribution in [0.4, 0.5) is 0 Å². The van der Waals surface area contributed by atoms with Gasteiger partial charge in [0, 0.05) is 26.7 Å². The number of nitrogens with zero attached hydrogens (tertiary/aromatic N) is 7. The van der Waals surface area contributed by atoms with Crippen LogP contribution in [0.1, 0.15) is 30.1 Å². The second-order valence-electron chi connectivity index (χ2n) is 6.47. The fourth-order valence-electron chi connectivity index (χ4n) is 3.14. The van der Waals surface area contributed by atoms with Crippen molar-refractivity contribution in [3.63, 3.8) is 0 Å². The summed E-state index contributed by atoms with van der Waals surface area (Å²) in [6.07, 6.45) is 3.19. The molecule has 0 unspecified atom stereocenters. The van der Waals surface area contributed by atoms with Gasteiger partial charge in [-0.15, -0.1) is 5.10 Å². The van der Waals surface area contributed by atoms with Gasteiger partial charge in [-0.1, -0.05) is 6.92 Å². The molecule has 2 amide bonds. The average Bonchev–Trinajstić information content (AvgIpc) is 3.39. The molecule has 0 saturated carbocycles. The number of aromatic nitrogens is 6. The van der Waals surface area contributed by atoms with Gasteiger partial charge < -0.3 is 20.0 Å². The van der Waals surface area contributed by atoms with E-state index in [1.807, 2.05) is 6.92 Å². The number of carbonyl (C=O) groups is 3. The third kappa shape index (κ3) is 5.13. The zero-order valence-electron chi connectivity index (χ0n) is 16.2. The van der Waals surface area contributed by atoms with Crippen LogP contribution in [0.15, 0.2) is 12.5 Å². The highest BCUT2D eigenvalue weighted by Gasteiger charge is 2.37. The number of H-pyrrole nitrogens is 1. The summed E-state index contributed by atoms with van der Waals surface area (Å²) < 4.78 is 1.32. The highest BCUT2D eigenvalue weighted by molar-refractivity contribution is 5.97. The van der Waals surface area contributed by atoms with Crippen LogP contribution < -0.4 is 0 Å². The van der Waals surface area contributed by atoms with Gasteiger partial charge in [0.25, 0.3) is 12.4 Å². The number of piperidine rings is 1. The van der Waals surface area contributed by atoms with E-state index in [4.69, 9.17) is 9.90 Å². The second kappa shape index (κ2) is 10.3. The van der Waals surface area contributed by atoms with Crippen LogP contribution >= 0.6 is 0 Å². The van der Waals surface area contributed by atoms with Gasteiger partial charge in [0.1, 0.15) is 11.9 Å². The number of nitrogens with one attached hydrogen (secondary N) is 1. The molecule has 0 bridgehead atoms. The Labute approximate surface area is 166 Å². The summed E-state index contributed by atoms with van der Waals surface area (Å²) >= 11 is 0. The lowest BCUT2D eigenvalue weighted by molar-refractivity contribution is -0.140. The maximum Gasteiger partial charge on any atom is 0.290 e. The van der Waals surface area contributed by atoms with Crippen molar-refractivity contribution in [2.45, 2.75) is 25.9 Å². The van der Waals surface area contributed by atoms with Gasteiger partial charge in [-0.2, -0.15) is 9.78 Å². The zero-order valence-corrected chi connectivity index (χ0v) is 16.2. The van der Waals surface area contributed by atoms with E-state index < -0.39 is 12.0 Å². The molecule has 1 aliphatic heterocycles. The SMILES string of the molecule is CCCN(C)C(=O)[C@H]1CN(C(=O)c2cn[nH]c2-n2cnnn2)CC[C@H]1O.O=CO. The molecule has 1 fully saturated rings. The fraction of sp³-hybridized carbons (Fsp3) is 0.562. The van der Waals surface area contributed by atoms with E-state index in [0.29, 0.717) is 30.9 Å². The number of carbonyl (C=O) groups excluding carboxylic acids is 2. The quantitative estimate of drug-likeness (QED) is 0.513. The van der Waals surface area contributed by atoms with Crippen molar-refractivity contribution in [2.75, 3.05) is 26.7 Å². The van der Waals surface area contributed by atoms with Gasteiger partial charge in [-0.05, 0) is 23.3 Å². The number of aromatic amines is 1. The average molecular weight is 408 g/mol. The number of aliphatic hydroxyl groups excluding tert-OH is 1. The molecule has 2 aromatic rings. The summed E-state index contributed by atoms with van der Waals surface area (Å²) in [4.78, 5) is 37.0. The Bertz CT molecular complexity index is 808. The lowest BCUT2D eigenvalue weighted by Gasteiger charge is -2.37. The van der Waals surface area contributed by atoms with Crippen LogP contribution in [0, 0.1) is 5.92 Å². The number of aliphatic hydroxyl groups is 1. The predicted molar refractivity (Wildman–Crippen MR) is 97.9 cm³/mol. The third-order valence-electron chi connectivity index (χ3n) is 4.54. The van der Waals surface area contributed by atoms with E-state index in [0.717, 1.165) is 6.42 Å². The molecule has 3 heterocycles. The lowest BCUT2D eigenvalue weighted by atomic mass is 9.93. The number of carboxylic acid groups (broad SMARTS) is 1. The van der Waals surface area contributed by atoms with Gasteiger partial charge in [0.05, 0.1) is 18.2 Å². The molecule has 0 spiro atoms. The standard InChI is InChI=1S/C15H22N8O3.CH2O2/c1-3-5-21(2)14(25)11-8-22(6-4-12(11)24)15(26)10-7-16-18-13(10)23-9-17-19-20-23;2-1-3/h7,9,11-12,24H,3-6,8H2,1-2H3,(H,16,18);1H,(H,2,3)/t11-,12+;/m0./s1. The molecular weight excluding hydrogens is 384 g/mol. The first-order chi connectivity index (χ1) is 13.9. The number of amides is 2. The summed E-state index contributed by atoms with van der Waals surface area (Å²) in [5.41, 5.74) is 0.307. The first-order valence-corrected chi connectivity index (χ1v) is 9.01. The van der Waals surface area contributed by atoms with E-state index in [2.05, 4.69) is 25.7 Å². The topological polar surface area (TPSA) is 170 Å². The molecule has 2 aromatic heterocycles. The molecule has 1 saturated heterocycles. The second-order valence-corrected chi connectivity index (χ2v) is 6.47. The Balaban J connectivity index is 0.000000941. The Kier molecular flexibility index (Phi) is 7.77. The highest BCUT2D eigenvalue weighted by atomic mass is 16.3. The number of tetrazole rings is 1. The van der Waals surface area contributed by atoms with Gasteiger partial charge in [0.2, 0.25) is 5.91 Å². The van der Waals surface area contributed by atoms with Gasteiger partial charge >= 0.3 is 0 Å². The molecule has 13 nitrogen and oxygen atoms in total. The fourth-order valence-corrected chi connectivity index (χ4v) is 3.14. The van der Waals surface area contributed by atoms with Crippen LogP contribution in [-0.2, 0) is 9.59 Å². The first-order valence-electron chi connectivity index (χ1n) is 9.01. The normalized spacial score (nSPS) is 18.5. The third-order valence-corrected chi connectivity index (χ3v) is 4.54. The van der Waals surface area contributed by atoms with Gasteiger partial charge in [0.15, 0.2) is 5.82 Å². The van der Waals surface area contributed by atoms with Crippen molar-refractivity contribution in [1.82, 2.24) is 40.2 Å². The maximum atomic E-state index is 12.9. The van der Waals surface area contributed by atoms with Gasteiger partial charge in [-0.25, -0.2) is 0 Å². The van der Waals surface area contributed by atoms with Crippen LogP contribution in [-0.4, -0.2) is 101 Å². The Hall–Kier alpha value is -3.35. The molecule has 29 heavy (non-hydrogen) atoms. The molecule has 0 aliphatic carbocycles. The number of hydrogen-bond donors (Lipinski definition) is 3.